The maximum absolute atomic E-state index is 9.42. The molecule has 6 rings (SSSR count). The molecule has 4 atom stereocenters. The van der Waals surface area contributed by atoms with Crippen molar-refractivity contribution in [3.8, 4) is 28.6 Å². The second kappa shape index (κ2) is 6.49. The van der Waals surface area contributed by atoms with Crippen LogP contribution in [-0.2, 0) is 7.05 Å². The number of aromatic nitrogens is 7. The lowest BCUT2D eigenvalue weighted by Gasteiger charge is -2.23. The summed E-state index contributed by atoms with van der Waals surface area (Å²) in [7, 11) is 1.89. The van der Waals surface area contributed by atoms with E-state index in [2.05, 4.69) is 22.5 Å². The van der Waals surface area contributed by atoms with Crippen LogP contribution in [0, 0.1) is 22.7 Å². The minimum Gasteiger partial charge on any atom is -0.328 e. The van der Waals surface area contributed by atoms with Crippen molar-refractivity contribution in [3.05, 3.63) is 43.2 Å². The largest absolute Gasteiger partial charge is 0.328 e. The van der Waals surface area contributed by atoms with Gasteiger partial charge in [0.25, 0.3) is 0 Å². The zero-order valence-electron chi connectivity index (χ0n) is 17.3. The molecular formula is C22H23N9. The van der Waals surface area contributed by atoms with Crippen molar-refractivity contribution >= 4 is 5.52 Å². The van der Waals surface area contributed by atoms with E-state index in [1.165, 1.54) is 0 Å². The monoisotopic (exact) mass is 413 g/mol. The number of nitriles is 1. The fourth-order valence-corrected chi connectivity index (χ4v) is 5.51. The number of hydrogen-bond donors (Lipinski definition) is 1. The fourth-order valence-electron chi connectivity index (χ4n) is 5.51. The summed E-state index contributed by atoms with van der Waals surface area (Å²) < 4.78 is 5.64. The predicted octanol–water partition coefficient (Wildman–Crippen LogP) is 2.58. The van der Waals surface area contributed by atoms with Crippen LogP contribution in [0.3, 0.4) is 0 Å². The third kappa shape index (κ3) is 2.72. The molecule has 0 aliphatic heterocycles. The molecule has 2 aliphatic carbocycles. The molecular weight excluding hydrogens is 390 g/mol. The van der Waals surface area contributed by atoms with E-state index in [-0.39, 0.29) is 17.5 Å². The van der Waals surface area contributed by atoms with Crippen molar-refractivity contribution in [2.75, 3.05) is 0 Å². The molecule has 2 unspecified atom stereocenters. The second-order valence-electron chi connectivity index (χ2n) is 8.90. The van der Waals surface area contributed by atoms with Crippen molar-refractivity contribution < 1.29 is 0 Å². The quantitative estimate of drug-likeness (QED) is 0.550. The molecule has 4 aromatic heterocycles. The third-order valence-corrected chi connectivity index (χ3v) is 7.10. The van der Waals surface area contributed by atoms with Crippen LogP contribution in [0.1, 0.15) is 31.7 Å². The summed E-state index contributed by atoms with van der Waals surface area (Å²) in [6.45, 7) is 0. The Labute approximate surface area is 179 Å². The van der Waals surface area contributed by atoms with Gasteiger partial charge in [-0.25, -0.2) is 9.50 Å². The van der Waals surface area contributed by atoms with E-state index in [1.54, 1.807) is 17.1 Å². The topological polar surface area (TPSA) is 116 Å². The van der Waals surface area contributed by atoms with Gasteiger partial charge in [-0.2, -0.15) is 20.6 Å². The molecule has 4 heterocycles. The van der Waals surface area contributed by atoms with Crippen LogP contribution in [0.15, 0.2) is 43.2 Å². The highest BCUT2D eigenvalue weighted by molar-refractivity contribution is 5.78. The normalized spacial score (nSPS) is 27.2. The Balaban J connectivity index is 1.41. The summed E-state index contributed by atoms with van der Waals surface area (Å²) in [5.74, 6) is 0.424. The van der Waals surface area contributed by atoms with Gasteiger partial charge in [-0.1, -0.05) is 0 Å². The molecule has 156 valence electrons. The first-order chi connectivity index (χ1) is 15.1. The molecule has 9 heteroatoms. The minimum atomic E-state index is 0.0187. The SMILES string of the molecule is Cn1cc(-c2cn3nccc3c(-c3cnn(C4C5C[C@H](N)CC[C@@]54CC#N)c3)n2)cn1. The Bertz CT molecular complexity index is 1320. The van der Waals surface area contributed by atoms with E-state index in [9.17, 15) is 5.26 Å². The van der Waals surface area contributed by atoms with Crippen LogP contribution in [0.5, 0.6) is 0 Å². The Kier molecular flexibility index (Phi) is 3.83. The van der Waals surface area contributed by atoms with Crippen molar-refractivity contribution in [1.29, 1.82) is 5.26 Å². The molecule has 31 heavy (non-hydrogen) atoms. The van der Waals surface area contributed by atoms with Crippen LogP contribution < -0.4 is 5.73 Å². The molecule has 9 nitrogen and oxygen atoms in total. The van der Waals surface area contributed by atoms with Crippen molar-refractivity contribution in [2.45, 2.75) is 37.8 Å². The molecule has 2 fully saturated rings. The lowest BCUT2D eigenvalue weighted by molar-refractivity contribution is 0.307. The minimum absolute atomic E-state index is 0.0187. The molecule has 4 aromatic rings. The zero-order chi connectivity index (χ0) is 21.2. The van der Waals surface area contributed by atoms with E-state index in [0.717, 1.165) is 47.3 Å². The van der Waals surface area contributed by atoms with Crippen LogP contribution in [-0.4, -0.2) is 40.2 Å². The summed E-state index contributed by atoms with van der Waals surface area (Å²) in [5.41, 5.74) is 10.7. The zero-order valence-corrected chi connectivity index (χ0v) is 17.3. The first-order valence-corrected chi connectivity index (χ1v) is 10.6. The highest BCUT2D eigenvalue weighted by Gasteiger charge is 2.67. The summed E-state index contributed by atoms with van der Waals surface area (Å²) in [6.07, 6.45) is 14.9. The standard InChI is InChI=1S/C22H23N9/c1-29-11-14(9-26-29)18-13-30-19(3-7-25-30)20(28-18)15-10-27-31(12-15)21-17-8-16(24)2-4-22(17,21)5-6-23/h3,7,9-13,16-17,21H,2,4-5,8,24H2,1H3/t16-,17?,21?,22-/m1/s1. The Morgan fingerprint density at radius 3 is 2.87 bits per heavy atom. The number of aryl methyl sites for hydroxylation is 1. The van der Waals surface area contributed by atoms with E-state index < -0.39 is 0 Å². The van der Waals surface area contributed by atoms with Gasteiger partial charge in [0, 0.05) is 48.4 Å². The van der Waals surface area contributed by atoms with Gasteiger partial charge in [-0.3, -0.25) is 9.36 Å². The van der Waals surface area contributed by atoms with E-state index in [0.29, 0.717) is 12.3 Å². The third-order valence-electron chi connectivity index (χ3n) is 7.10. The lowest BCUT2D eigenvalue weighted by atomic mass is 9.84. The van der Waals surface area contributed by atoms with Crippen molar-refractivity contribution in [1.82, 2.24) is 34.2 Å². The molecule has 0 spiro atoms. The molecule has 0 bridgehead atoms. The average Bonchev–Trinajstić information content (AvgIpc) is 3.27. The number of fused-ring (bicyclic) bond motifs is 2. The first-order valence-electron chi connectivity index (χ1n) is 10.6. The Morgan fingerprint density at radius 1 is 1.19 bits per heavy atom. The van der Waals surface area contributed by atoms with Crippen molar-refractivity contribution in [2.24, 2.45) is 24.1 Å². The van der Waals surface area contributed by atoms with Crippen LogP contribution >= 0.6 is 0 Å². The molecule has 0 amide bonds. The van der Waals surface area contributed by atoms with E-state index >= 15 is 0 Å². The molecule has 0 saturated heterocycles. The highest BCUT2D eigenvalue weighted by Crippen LogP contribution is 2.70. The maximum Gasteiger partial charge on any atom is 0.0999 e. The van der Waals surface area contributed by atoms with E-state index in [1.807, 2.05) is 40.9 Å². The number of nitrogens with zero attached hydrogens (tertiary/aromatic N) is 8. The maximum atomic E-state index is 9.42. The molecule has 0 radical (unpaired) electrons. The summed E-state index contributed by atoms with van der Waals surface area (Å²) in [4.78, 5) is 4.94. The number of hydrogen-bond acceptors (Lipinski definition) is 6. The Hall–Kier alpha value is -3.51. The van der Waals surface area contributed by atoms with Gasteiger partial charge in [0.2, 0.25) is 0 Å². The van der Waals surface area contributed by atoms with Crippen molar-refractivity contribution in [3.63, 3.8) is 0 Å². The first kappa shape index (κ1) is 18.3. The van der Waals surface area contributed by atoms with Gasteiger partial charge < -0.3 is 5.73 Å². The average molecular weight is 413 g/mol. The highest BCUT2D eigenvalue weighted by atomic mass is 15.3. The van der Waals surface area contributed by atoms with Crippen LogP contribution in [0.25, 0.3) is 28.0 Å². The van der Waals surface area contributed by atoms with Gasteiger partial charge in [0.15, 0.2) is 0 Å². The van der Waals surface area contributed by atoms with Crippen LogP contribution in [0.4, 0.5) is 0 Å². The molecule has 2 N–H and O–H groups in total. The fraction of sp³-hybridized carbons (Fsp3) is 0.409. The van der Waals surface area contributed by atoms with Gasteiger partial charge in [0.1, 0.15) is 0 Å². The Morgan fingerprint density at radius 2 is 2.06 bits per heavy atom. The number of rotatable bonds is 4. The summed E-state index contributed by atoms with van der Waals surface area (Å²) in [5, 5.41) is 22.8. The van der Waals surface area contributed by atoms with Crippen LogP contribution in [0.2, 0.25) is 0 Å². The predicted molar refractivity (Wildman–Crippen MR) is 113 cm³/mol. The number of nitrogens with two attached hydrogens (primary N) is 1. The van der Waals surface area contributed by atoms with Gasteiger partial charge in [-0.15, -0.1) is 0 Å². The van der Waals surface area contributed by atoms with Gasteiger partial charge in [0.05, 0.1) is 53.8 Å². The molecule has 2 saturated carbocycles. The van der Waals surface area contributed by atoms with Gasteiger partial charge >= 0.3 is 0 Å². The second-order valence-corrected chi connectivity index (χ2v) is 8.90. The summed E-state index contributed by atoms with van der Waals surface area (Å²) >= 11 is 0. The van der Waals surface area contributed by atoms with E-state index in [4.69, 9.17) is 15.8 Å². The smallest absolute Gasteiger partial charge is 0.0999 e. The lowest BCUT2D eigenvalue weighted by Crippen LogP contribution is -2.27. The molecule has 0 aromatic carbocycles. The molecule has 2 aliphatic rings. The summed E-state index contributed by atoms with van der Waals surface area (Å²) in [6, 6.07) is 4.82. The van der Waals surface area contributed by atoms with Gasteiger partial charge in [-0.05, 0) is 31.2 Å².